The van der Waals surface area contributed by atoms with Gasteiger partial charge in [-0.2, -0.15) is 0 Å². The topological polar surface area (TPSA) is 25.8 Å². The van der Waals surface area contributed by atoms with Crippen LogP contribution in [-0.4, -0.2) is 9.97 Å². The number of aromatic nitrogens is 2. The van der Waals surface area contributed by atoms with Crippen LogP contribution in [-0.2, 0) is 5.41 Å². The predicted octanol–water partition coefficient (Wildman–Crippen LogP) is 4.69. The van der Waals surface area contributed by atoms with E-state index in [4.69, 9.17) is 0 Å². The molecule has 0 aliphatic rings. The second kappa shape index (κ2) is 5.41. The van der Waals surface area contributed by atoms with E-state index in [9.17, 15) is 0 Å². The van der Waals surface area contributed by atoms with E-state index in [-0.39, 0.29) is 5.41 Å². The molecule has 0 saturated heterocycles. The molecule has 1 aromatic heterocycles. The Kier molecular flexibility index (Phi) is 4.07. The highest BCUT2D eigenvalue weighted by molar-refractivity contribution is 9.10. The summed E-state index contributed by atoms with van der Waals surface area (Å²) in [5.74, 6) is 0.857. The van der Waals surface area contributed by atoms with Gasteiger partial charge in [-0.3, -0.25) is 0 Å². The van der Waals surface area contributed by atoms with Crippen LogP contribution in [0.3, 0.4) is 0 Å². The Morgan fingerprint density at radius 2 is 1.72 bits per heavy atom. The lowest BCUT2D eigenvalue weighted by atomic mass is 9.96. The Morgan fingerprint density at radius 3 is 2.33 bits per heavy atom. The van der Waals surface area contributed by atoms with Crippen molar-refractivity contribution < 1.29 is 0 Å². The molecule has 0 bridgehead atoms. The van der Waals surface area contributed by atoms with E-state index in [0.717, 1.165) is 15.5 Å². The van der Waals surface area contributed by atoms with Crippen molar-refractivity contribution in [1.82, 2.24) is 9.97 Å². The summed E-state index contributed by atoms with van der Waals surface area (Å²) in [6, 6.07) is 12.2. The molecule has 1 aromatic carbocycles. The molecule has 0 N–H and O–H groups in total. The third kappa shape index (κ3) is 3.56. The molecule has 0 aliphatic heterocycles. The Labute approximate surface area is 120 Å². The highest BCUT2D eigenvalue weighted by Gasteiger charge is 2.18. The lowest BCUT2D eigenvalue weighted by Gasteiger charge is -2.17. The maximum absolute atomic E-state index is 4.62. The highest BCUT2D eigenvalue weighted by atomic mass is 79.9. The quantitative estimate of drug-likeness (QED) is 0.750. The first kappa shape index (κ1) is 13.6. The summed E-state index contributed by atoms with van der Waals surface area (Å²) in [5, 5.41) is 0.966. The fraction of sp³-hybridized carbons (Fsp3) is 0.286. The van der Waals surface area contributed by atoms with Gasteiger partial charge in [-0.1, -0.05) is 50.7 Å². The average molecular weight is 323 g/mol. The fourth-order valence-electron chi connectivity index (χ4n) is 1.39. The molecule has 0 spiro atoms. The molecular weight excluding hydrogens is 308 g/mol. The van der Waals surface area contributed by atoms with E-state index in [2.05, 4.69) is 58.8 Å². The first-order chi connectivity index (χ1) is 8.45. The molecule has 0 saturated carbocycles. The normalized spacial score (nSPS) is 11.6. The summed E-state index contributed by atoms with van der Waals surface area (Å²) in [6.45, 7) is 6.35. The van der Waals surface area contributed by atoms with Crippen LogP contribution in [0.25, 0.3) is 0 Å². The largest absolute Gasteiger partial charge is 0.226 e. The van der Waals surface area contributed by atoms with E-state index in [1.807, 2.05) is 24.3 Å². The standard InChI is InChI=1S/C14H15BrN2S/c1-14(2,3)13-16-11(15)9-12(17-13)18-10-7-5-4-6-8-10/h4-9H,1-3H3. The molecule has 0 amide bonds. The van der Waals surface area contributed by atoms with Gasteiger partial charge in [-0.05, 0) is 28.1 Å². The van der Waals surface area contributed by atoms with E-state index in [1.54, 1.807) is 11.8 Å². The van der Waals surface area contributed by atoms with Gasteiger partial charge in [0.2, 0.25) is 0 Å². The van der Waals surface area contributed by atoms with Gasteiger partial charge in [0.1, 0.15) is 15.5 Å². The van der Waals surface area contributed by atoms with Crippen molar-refractivity contribution in [2.24, 2.45) is 0 Å². The molecule has 0 unspecified atom stereocenters. The fourth-order valence-corrected chi connectivity index (χ4v) is 2.77. The maximum Gasteiger partial charge on any atom is 0.136 e. The number of hydrogen-bond acceptors (Lipinski definition) is 3. The predicted molar refractivity (Wildman–Crippen MR) is 79.0 cm³/mol. The van der Waals surface area contributed by atoms with Crippen molar-refractivity contribution in [1.29, 1.82) is 0 Å². The summed E-state index contributed by atoms with van der Waals surface area (Å²) in [4.78, 5) is 10.2. The minimum atomic E-state index is -0.0459. The van der Waals surface area contributed by atoms with Crippen LogP contribution < -0.4 is 0 Å². The zero-order valence-corrected chi connectivity index (χ0v) is 13.0. The van der Waals surface area contributed by atoms with Gasteiger partial charge in [0, 0.05) is 16.4 Å². The van der Waals surface area contributed by atoms with Crippen LogP contribution in [0.4, 0.5) is 0 Å². The first-order valence-electron chi connectivity index (χ1n) is 5.73. The molecule has 0 atom stereocenters. The van der Waals surface area contributed by atoms with Crippen molar-refractivity contribution in [3.63, 3.8) is 0 Å². The molecule has 0 radical (unpaired) electrons. The smallest absolute Gasteiger partial charge is 0.136 e. The van der Waals surface area contributed by atoms with Gasteiger partial charge in [0.15, 0.2) is 0 Å². The first-order valence-corrected chi connectivity index (χ1v) is 7.34. The second-order valence-corrected chi connectivity index (χ2v) is 6.92. The molecule has 2 rings (SSSR count). The number of halogens is 1. The van der Waals surface area contributed by atoms with Crippen molar-refractivity contribution >= 4 is 27.7 Å². The van der Waals surface area contributed by atoms with Crippen molar-refractivity contribution in [2.45, 2.75) is 36.1 Å². The SMILES string of the molecule is CC(C)(C)c1nc(Br)cc(Sc2ccccc2)n1. The van der Waals surface area contributed by atoms with Gasteiger partial charge in [0.05, 0.1) is 0 Å². The molecule has 4 heteroatoms. The number of hydrogen-bond donors (Lipinski definition) is 0. The van der Waals surface area contributed by atoms with Crippen LogP contribution in [0.1, 0.15) is 26.6 Å². The van der Waals surface area contributed by atoms with Crippen molar-refractivity contribution in [3.8, 4) is 0 Å². The molecule has 1 heterocycles. The molecule has 0 aliphatic carbocycles. The summed E-state index contributed by atoms with van der Waals surface area (Å²) >= 11 is 5.11. The Balaban J connectivity index is 2.32. The van der Waals surface area contributed by atoms with Crippen LogP contribution in [0.15, 0.2) is 50.9 Å². The lowest BCUT2D eigenvalue weighted by Crippen LogP contribution is -2.16. The van der Waals surface area contributed by atoms with Crippen LogP contribution in [0, 0.1) is 0 Å². The zero-order chi connectivity index (χ0) is 13.2. The summed E-state index contributed by atoms with van der Waals surface area (Å²) in [6.07, 6.45) is 0. The van der Waals surface area contributed by atoms with Crippen molar-refractivity contribution in [3.05, 3.63) is 46.8 Å². The third-order valence-corrected chi connectivity index (χ3v) is 3.64. The highest BCUT2D eigenvalue weighted by Crippen LogP contribution is 2.29. The number of benzene rings is 1. The summed E-state index contributed by atoms with van der Waals surface area (Å²) in [5.41, 5.74) is -0.0459. The Bertz CT molecular complexity index is 535. The molecule has 94 valence electrons. The molecule has 2 aromatic rings. The van der Waals surface area contributed by atoms with Crippen molar-refractivity contribution in [2.75, 3.05) is 0 Å². The zero-order valence-electron chi connectivity index (χ0n) is 10.6. The summed E-state index contributed by atoms with van der Waals surface area (Å²) in [7, 11) is 0. The minimum absolute atomic E-state index is 0.0459. The van der Waals surface area contributed by atoms with E-state index in [0.29, 0.717) is 0 Å². The number of rotatable bonds is 2. The van der Waals surface area contributed by atoms with Gasteiger partial charge in [-0.25, -0.2) is 9.97 Å². The van der Waals surface area contributed by atoms with Crippen LogP contribution >= 0.6 is 27.7 Å². The Hall–Kier alpha value is -0.870. The maximum atomic E-state index is 4.62. The van der Waals surface area contributed by atoms with Gasteiger partial charge in [-0.15, -0.1) is 0 Å². The van der Waals surface area contributed by atoms with E-state index in [1.165, 1.54) is 4.90 Å². The van der Waals surface area contributed by atoms with Gasteiger partial charge >= 0.3 is 0 Å². The molecule has 0 fully saturated rings. The third-order valence-electron chi connectivity index (χ3n) is 2.31. The molecule has 18 heavy (non-hydrogen) atoms. The average Bonchev–Trinajstić information content (AvgIpc) is 2.28. The van der Waals surface area contributed by atoms with Crippen LogP contribution in [0.5, 0.6) is 0 Å². The Morgan fingerprint density at radius 1 is 1.06 bits per heavy atom. The molecule has 2 nitrogen and oxygen atoms in total. The van der Waals surface area contributed by atoms with E-state index >= 15 is 0 Å². The summed E-state index contributed by atoms with van der Waals surface area (Å²) < 4.78 is 0.834. The monoisotopic (exact) mass is 322 g/mol. The van der Waals surface area contributed by atoms with Gasteiger partial charge in [0.25, 0.3) is 0 Å². The number of nitrogens with zero attached hydrogens (tertiary/aromatic N) is 2. The van der Waals surface area contributed by atoms with Gasteiger partial charge < -0.3 is 0 Å². The van der Waals surface area contributed by atoms with E-state index < -0.39 is 0 Å². The van der Waals surface area contributed by atoms with Crippen LogP contribution in [0.2, 0.25) is 0 Å². The minimum Gasteiger partial charge on any atom is -0.226 e. The lowest BCUT2D eigenvalue weighted by molar-refractivity contribution is 0.536. The second-order valence-electron chi connectivity index (χ2n) is 5.02. The molecular formula is C14H15BrN2S.